The summed E-state index contributed by atoms with van der Waals surface area (Å²) in [4.78, 5) is 24.1. The van der Waals surface area contributed by atoms with Gasteiger partial charge in [0.25, 0.3) is 0 Å². The quantitative estimate of drug-likeness (QED) is 0.357. The number of esters is 2. The molecule has 170 valence electrons. The standard InChI is InChI=1S/C26H30O6/c1-6-29-21(27)15-31-24-17-11-8-9-12-18(17)25(32-16-22(28)30-7-2)23-19(24)13-10-14-20(23)26(3,4)5/h8-14H,6-7,15-16H2,1-5H3. The summed E-state index contributed by atoms with van der Waals surface area (Å²) in [6.45, 7) is 10.0. The van der Waals surface area contributed by atoms with E-state index < -0.39 is 11.9 Å². The van der Waals surface area contributed by atoms with Gasteiger partial charge in [0.05, 0.1) is 13.2 Å². The second-order valence-electron chi connectivity index (χ2n) is 8.37. The first-order valence-corrected chi connectivity index (χ1v) is 10.8. The Bertz CT molecular complexity index is 1130. The minimum atomic E-state index is -0.431. The van der Waals surface area contributed by atoms with Crippen molar-refractivity contribution >= 4 is 33.5 Å². The fourth-order valence-electron chi connectivity index (χ4n) is 3.74. The van der Waals surface area contributed by atoms with E-state index in [-0.39, 0.29) is 25.2 Å². The molecule has 0 unspecified atom stereocenters. The third-order valence-electron chi connectivity index (χ3n) is 5.04. The van der Waals surface area contributed by atoms with Crippen molar-refractivity contribution in [2.75, 3.05) is 26.4 Å². The van der Waals surface area contributed by atoms with Gasteiger partial charge in [-0.2, -0.15) is 0 Å². The van der Waals surface area contributed by atoms with E-state index in [2.05, 4.69) is 20.8 Å². The van der Waals surface area contributed by atoms with Crippen molar-refractivity contribution in [1.29, 1.82) is 0 Å². The highest BCUT2D eigenvalue weighted by atomic mass is 16.6. The fraction of sp³-hybridized carbons (Fsp3) is 0.385. The molecule has 0 radical (unpaired) electrons. The minimum Gasteiger partial charge on any atom is -0.481 e. The lowest BCUT2D eigenvalue weighted by Gasteiger charge is -2.25. The van der Waals surface area contributed by atoms with Crippen molar-refractivity contribution in [3.63, 3.8) is 0 Å². The maximum atomic E-state index is 12.1. The summed E-state index contributed by atoms with van der Waals surface area (Å²) in [6, 6.07) is 13.6. The number of carbonyl (C=O) groups excluding carboxylic acids is 2. The molecule has 0 aliphatic carbocycles. The number of carbonyl (C=O) groups is 2. The van der Waals surface area contributed by atoms with Gasteiger partial charge in [0.15, 0.2) is 13.2 Å². The second-order valence-corrected chi connectivity index (χ2v) is 8.37. The van der Waals surface area contributed by atoms with E-state index in [4.69, 9.17) is 18.9 Å². The van der Waals surface area contributed by atoms with Crippen molar-refractivity contribution in [3.8, 4) is 11.5 Å². The van der Waals surface area contributed by atoms with Crippen LogP contribution in [0.4, 0.5) is 0 Å². The van der Waals surface area contributed by atoms with E-state index in [9.17, 15) is 9.59 Å². The van der Waals surface area contributed by atoms with Gasteiger partial charge in [0.2, 0.25) is 0 Å². The summed E-state index contributed by atoms with van der Waals surface area (Å²) in [5, 5.41) is 3.23. The Kier molecular flexibility index (Phi) is 7.23. The van der Waals surface area contributed by atoms with Gasteiger partial charge >= 0.3 is 11.9 Å². The third kappa shape index (κ3) is 4.96. The minimum absolute atomic E-state index is 0.199. The van der Waals surface area contributed by atoms with Crippen molar-refractivity contribution in [1.82, 2.24) is 0 Å². The van der Waals surface area contributed by atoms with Gasteiger partial charge in [0, 0.05) is 21.5 Å². The van der Waals surface area contributed by atoms with Gasteiger partial charge in [-0.05, 0) is 24.8 Å². The molecule has 0 spiro atoms. The average molecular weight is 439 g/mol. The molecule has 3 aromatic rings. The molecular weight excluding hydrogens is 408 g/mol. The fourth-order valence-corrected chi connectivity index (χ4v) is 3.74. The summed E-state index contributed by atoms with van der Waals surface area (Å²) in [5.74, 6) is 0.316. The molecule has 0 atom stereocenters. The van der Waals surface area contributed by atoms with Crippen LogP contribution in [0.1, 0.15) is 40.2 Å². The van der Waals surface area contributed by atoms with Gasteiger partial charge < -0.3 is 18.9 Å². The van der Waals surface area contributed by atoms with E-state index in [0.717, 1.165) is 27.1 Å². The van der Waals surface area contributed by atoms with E-state index >= 15 is 0 Å². The van der Waals surface area contributed by atoms with Crippen LogP contribution in [0.15, 0.2) is 42.5 Å². The SMILES string of the molecule is CCOC(=O)COc1c2ccccc2c(OCC(=O)OCC)c2c(C(C)(C)C)cccc12. The van der Waals surface area contributed by atoms with Gasteiger partial charge in [-0.3, -0.25) is 0 Å². The van der Waals surface area contributed by atoms with Gasteiger partial charge in [-0.15, -0.1) is 0 Å². The molecule has 3 rings (SSSR count). The lowest BCUT2D eigenvalue weighted by Crippen LogP contribution is -2.17. The van der Waals surface area contributed by atoms with Crippen LogP contribution in [-0.2, 0) is 24.5 Å². The molecule has 0 bridgehead atoms. The number of rotatable bonds is 8. The van der Waals surface area contributed by atoms with Crippen molar-refractivity contribution in [3.05, 3.63) is 48.0 Å². The smallest absolute Gasteiger partial charge is 0.344 e. The zero-order chi connectivity index (χ0) is 23.3. The van der Waals surface area contributed by atoms with E-state index in [1.54, 1.807) is 13.8 Å². The first-order valence-electron chi connectivity index (χ1n) is 10.8. The van der Waals surface area contributed by atoms with Gasteiger partial charge in [-0.1, -0.05) is 63.2 Å². The second kappa shape index (κ2) is 9.90. The van der Waals surface area contributed by atoms with Crippen LogP contribution in [0, 0.1) is 0 Å². The van der Waals surface area contributed by atoms with Crippen LogP contribution in [0.5, 0.6) is 11.5 Å². The Hall–Kier alpha value is -3.28. The van der Waals surface area contributed by atoms with Crippen LogP contribution < -0.4 is 9.47 Å². The Labute approximate surface area is 188 Å². The monoisotopic (exact) mass is 438 g/mol. The van der Waals surface area contributed by atoms with Gasteiger partial charge in [0.1, 0.15) is 11.5 Å². The Morgan fingerprint density at radius 2 is 1.22 bits per heavy atom. The number of ether oxygens (including phenoxy) is 4. The lowest BCUT2D eigenvalue weighted by molar-refractivity contribution is -0.146. The molecule has 0 heterocycles. The lowest BCUT2D eigenvalue weighted by atomic mass is 9.82. The Morgan fingerprint density at radius 3 is 1.75 bits per heavy atom. The molecule has 0 aliphatic rings. The molecule has 0 N–H and O–H groups in total. The average Bonchev–Trinajstić information content (AvgIpc) is 2.75. The summed E-state index contributed by atoms with van der Waals surface area (Å²) >= 11 is 0. The largest absolute Gasteiger partial charge is 0.481 e. The van der Waals surface area contributed by atoms with E-state index in [1.807, 2.05) is 42.5 Å². The summed E-state index contributed by atoms with van der Waals surface area (Å²) in [7, 11) is 0. The topological polar surface area (TPSA) is 71.1 Å². The number of fused-ring (bicyclic) bond motifs is 2. The third-order valence-corrected chi connectivity index (χ3v) is 5.04. The highest BCUT2D eigenvalue weighted by Gasteiger charge is 2.25. The molecule has 6 heteroatoms. The summed E-state index contributed by atoms with van der Waals surface area (Å²) < 4.78 is 22.2. The maximum absolute atomic E-state index is 12.1. The van der Waals surface area contributed by atoms with Crippen LogP contribution in [0.3, 0.4) is 0 Å². The van der Waals surface area contributed by atoms with E-state index in [1.165, 1.54) is 0 Å². The highest BCUT2D eigenvalue weighted by Crippen LogP contribution is 2.46. The molecule has 0 aliphatic heterocycles. The van der Waals surface area contributed by atoms with Crippen LogP contribution in [0.2, 0.25) is 0 Å². The predicted molar refractivity (Wildman–Crippen MR) is 124 cm³/mol. The van der Waals surface area contributed by atoms with Crippen molar-refractivity contribution < 1.29 is 28.5 Å². The van der Waals surface area contributed by atoms with Gasteiger partial charge in [-0.25, -0.2) is 9.59 Å². The molecular formula is C26H30O6. The molecule has 3 aromatic carbocycles. The Balaban J connectivity index is 2.26. The van der Waals surface area contributed by atoms with Crippen molar-refractivity contribution in [2.24, 2.45) is 0 Å². The molecule has 0 aromatic heterocycles. The summed E-state index contributed by atoms with van der Waals surface area (Å²) in [5.41, 5.74) is 0.836. The predicted octanol–water partition coefficient (Wildman–Crippen LogP) is 5.17. The zero-order valence-electron chi connectivity index (χ0n) is 19.3. The van der Waals surface area contributed by atoms with Crippen molar-refractivity contribution in [2.45, 2.75) is 40.0 Å². The number of benzene rings is 3. The first-order chi connectivity index (χ1) is 15.3. The molecule has 32 heavy (non-hydrogen) atoms. The number of hydrogen-bond donors (Lipinski definition) is 0. The molecule has 0 fully saturated rings. The molecule has 0 amide bonds. The van der Waals surface area contributed by atoms with Crippen LogP contribution in [0.25, 0.3) is 21.5 Å². The summed E-state index contributed by atoms with van der Waals surface area (Å²) in [6.07, 6.45) is 0. The molecule has 0 saturated carbocycles. The molecule has 0 saturated heterocycles. The Morgan fingerprint density at radius 1 is 0.719 bits per heavy atom. The highest BCUT2D eigenvalue weighted by molar-refractivity contribution is 6.12. The number of hydrogen-bond acceptors (Lipinski definition) is 6. The van der Waals surface area contributed by atoms with Crippen LogP contribution in [-0.4, -0.2) is 38.4 Å². The van der Waals surface area contributed by atoms with E-state index in [0.29, 0.717) is 18.1 Å². The normalized spacial score (nSPS) is 11.4. The van der Waals surface area contributed by atoms with Crippen LogP contribution >= 0.6 is 0 Å². The maximum Gasteiger partial charge on any atom is 0.344 e. The zero-order valence-corrected chi connectivity index (χ0v) is 19.3. The first kappa shape index (κ1) is 23.4. The molecule has 6 nitrogen and oxygen atoms in total.